The predicted octanol–water partition coefficient (Wildman–Crippen LogP) is 3.50. The van der Waals surface area contributed by atoms with E-state index in [-0.39, 0.29) is 11.6 Å². The Morgan fingerprint density at radius 3 is 2.76 bits per heavy atom. The van der Waals surface area contributed by atoms with E-state index in [0.717, 1.165) is 23.9 Å². The monoisotopic (exact) mass is 297 g/mol. The molecule has 1 aromatic carbocycles. The van der Waals surface area contributed by atoms with Crippen LogP contribution in [0.2, 0.25) is 0 Å². The van der Waals surface area contributed by atoms with E-state index in [2.05, 4.69) is 59.8 Å². The van der Waals surface area contributed by atoms with E-state index in [4.69, 9.17) is 0 Å². The van der Waals surface area contributed by atoms with E-state index in [9.17, 15) is 5.11 Å². The van der Waals surface area contributed by atoms with Gasteiger partial charge in [-0.1, -0.05) is 15.9 Å². The summed E-state index contributed by atoms with van der Waals surface area (Å²) < 4.78 is 1.11. The van der Waals surface area contributed by atoms with Crippen molar-refractivity contribution in [1.29, 1.82) is 0 Å². The third-order valence-corrected chi connectivity index (χ3v) is 4.31. The van der Waals surface area contributed by atoms with Gasteiger partial charge >= 0.3 is 0 Å². The van der Waals surface area contributed by atoms with Crippen LogP contribution in [-0.2, 0) is 0 Å². The van der Waals surface area contributed by atoms with Gasteiger partial charge in [-0.05, 0) is 57.4 Å². The maximum absolute atomic E-state index is 10.2. The highest BCUT2D eigenvalue weighted by atomic mass is 79.9. The zero-order valence-electron chi connectivity index (χ0n) is 10.7. The van der Waals surface area contributed by atoms with Crippen LogP contribution in [-0.4, -0.2) is 23.3 Å². The molecule has 0 amide bonds. The number of piperidine rings is 1. The van der Waals surface area contributed by atoms with Crippen LogP contribution in [0.1, 0.15) is 32.3 Å². The van der Waals surface area contributed by atoms with Gasteiger partial charge in [-0.3, -0.25) is 0 Å². The summed E-state index contributed by atoms with van der Waals surface area (Å²) in [5, 5.41) is 10.2. The molecule has 0 bridgehead atoms. The van der Waals surface area contributed by atoms with Gasteiger partial charge in [-0.2, -0.15) is 0 Å². The van der Waals surface area contributed by atoms with Crippen LogP contribution in [0, 0.1) is 6.92 Å². The second-order valence-corrected chi connectivity index (χ2v) is 6.31. The Balaban J connectivity index is 2.38. The molecule has 1 unspecified atom stereocenters. The molecule has 1 heterocycles. The van der Waals surface area contributed by atoms with Crippen LogP contribution in [0.15, 0.2) is 22.7 Å². The molecule has 2 nitrogen and oxygen atoms in total. The zero-order chi connectivity index (χ0) is 12.6. The van der Waals surface area contributed by atoms with Crippen molar-refractivity contribution in [3.63, 3.8) is 0 Å². The average Bonchev–Trinajstić information content (AvgIpc) is 2.23. The molecule has 1 fully saturated rings. The van der Waals surface area contributed by atoms with E-state index in [0.29, 0.717) is 0 Å². The SMILES string of the molecule is Cc1cc(Br)ccc1N1CCCC(O)C1(C)C. The number of hydrogen-bond acceptors (Lipinski definition) is 2. The highest BCUT2D eigenvalue weighted by molar-refractivity contribution is 9.10. The number of aryl methyl sites for hydroxylation is 1. The molecule has 1 atom stereocenters. The highest BCUT2D eigenvalue weighted by Crippen LogP contribution is 2.35. The second-order valence-electron chi connectivity index (χ2n) is 5.39. The molecule has 17 heavy (non-hydrogen) atoms. The average molecular weight is 298 g/mol. The summed E-state index contributed by atoms with van der Waals surface area (Å²) in [6.45, 7) is 7.39. The van der Waals surface area contributed by atoms with Gasteiger partial charge < -0.3 is 10.0 Å². The van der Waals surface area contributed by atoms with Crippen molar-refractivity contribution in [2.45, 2.75) is 45.3 Å². The lowest BCUT2D eigenvalue weighted by atomic mass is 9.86. The molecule has 2 rings (SSSR count). The fourth-order valence-electron chi connectivity index (χ4n) is 2.62. The minimum Gasteiger partial charge on any atom is -0.391 e. The van der Waals surface area contributed by atoms with Gasteiger partial charge in [0.1, 0.15) is 0 Å². The first-order valence-electron chi connectivity index (χ1n) is 6.15. The van der Waals surface area contributed by atoms with Gasteiger partial charge in [0.15, 0.2) is 0 Å². The third-order valence-electron chi connectivity index (χ3n) is 3.82. The Morgan fingerprint density at radius 1 is 1.41 bits per heavy atom. The number of aliphatic hydroxyl groups excluding tert-OH is 1. The number of anilines is 1. The number of rotatable bonds is 1. The van der Waals surface area contributed by atoms with E-state index in [1.807, 2.05) is 0 Å². The Morgan fingerprint density at radius 2 is 2.12 bits per heavy atom. The Labute approximate surface area is 112 Å². The maximum Gasteiger partial charge on any atom is 0.0767 e. The molecule has 3 heteroatoms. The summed E-state index contributed by atoms with van der Waals surface area (Å²) in [6.07, 6.45) is 1.71. The standard InChI is InChI=1S/C14H20BrNO/c1-10-9-11(15)6-7-12(10)16-8-4-5-13(17)14(16,2)3/h6-7,9,13,17H,4-5,8H2,1-3H3. The van der Waals surface area contributed by atoms with Crippen LogP contribution >= 0.6 is 15.9 Å². The highest BCUT2D eigenvalue weighted by Gasteiger charge is 2.37. The first kappa shape index (κ1) is 12.9. The van der Waals surface area contributed by atoms with Gasteiger partial charge in [0.25, 0.3) is 0 Å². The maximum atomic E-state index is 10.2. The number of hydrogen-bond donors (Lipinski definition) is 1. The van der Waals surface area contributed by atoms with Crippen molar-refractivity contribution in [2.75, 3.05) is 11.4 Å². The quantitative estimate of drug-likeness (QED) is 0.858. The minimum atomic E-state index is -0.251. The van der Waals surface area contributed by atoms with Crippen molar-refractivity contribution in [3.8, 4) is 0 Å². The van der Waals surface area contributed by atoms with Crippen LogP contribution < -0.4 is 4.90 Å². The van der Waals surface area contributed by atoms with E-state index in [1.165, 1.54) is 11.3 Å². The topological polar surface area (TPSA) is 23.5 Å². The molecule has 1 aliphatic rings. The minimum absolute atomic E-state index is 0.184. The van der Waals surface area contributed by atoms with E-state index in [1.54, 1.807) is 0 Å². The van der Waals surface area contributed by atoms with Crippen LogP contribution in [0.5, 0.6) is 0 Å². The Hall–Kier alpha value is -0.540. The van der Waals surface area contributed by atoms with Crippen LogP contribution in [0.4, 0.5) is 5.69 Å². The third kappa shape index (κ3) is 2.36. The van der Waals surface area contributed by atoms with Gasteiger partial charge in [-0.25, -0.2) is 0 Å². The lowest BCUT2D eigenvalue weighted by Gasteiger charge is -2.48. The van der Waals surface area contributed by atoms with Gasteiger partial charge in [0.2, 0.25) is 0 Å². The van der Waals surface area contributed by atoms with Crippen LogP contribution in [0.3, 0.4) is 0 Å². The molecule has 0 saturated carbocycles. The summed E-state index contributed by atoms with van der Waals surface area (Å²) in [5.41, 5.74) is 2.30. The molecule has 0 spiro atoms. The largest absolute Gasteiger partial charge is 0.391 e. The van der Waals surface area contributed by atoms with Crippen molar-refractivity contribution in [1.82, 2.24) is 0 Å². The van der Waals surface area contributed by atoms with Crippen molar-refractivity contribution < 1.29 is 5.11 Å². The number of halogens is 1. The zero-order valence-corrected chi connectivity index (χ0v) is 12.3. The van der Waals surface area contributed by atoms with Gasteiger partial charge in [-0.15, -0.1) is 0 Å². The summed E-state index contributed by atoms with van der Waals surface area (Å²) in [4.78, 5) is 2.34. The Bertz CT molecular complexity index is 417. The molecule has 0 radical (unpaired) electrons. The van der Waals surface area contributed by atoms with Crippen molar-refractivity contribution in [2.24, 2.45) is 0 Å². The van der Waals surface area contributed by atoms with E-state index >= 15 is 0 Å². The van der Waals surface area contributed by atoms with Crippen molar-refractivity contribution >= 4 is 21.6 Å². The first-order valence-corrected chi connectivity index (χ1v) is 6.94. The van der Waals surface area contributed by atoms with Crippen molar-refractivity contribution in [3.05, 3.63) is 28.2 Å². The summed E-state index contributed by atoms with van der Waals surface area (Å²) >= 11 is 3.49. The smallest absolute Gasteiger partial charge is 0.0767 e. The Kier molecular flexibility index (Phi) is 3.50. The molecule has 0 aliphatic carbocycles. The predicted molar refractivity (Wildman–Crippen MR) is 75.5 cm³/mol. The van der Waals surface area contributed by atoms with Gasteiger partial charge in [0, 0.05) is 16.7 Å². The molecule has 94 valence electrons. The molecular formula is C14H20BrNO. The lowest BCUT2D eigenvalue weighted by molar-refractivity contribution is 0.0711. The molecule has 1 aromatic rings. The summed E-state index contributed by atoms with van der Waals surface area (Å²) in [5.74, 6) is 0. The number of nitrogens with zero attached hydrogens (tertiary/aromatic N) is 1. The molecule has 1 N–H and O–H groups in total. The van der Waals surface area contributed by atoms with Crippen LogP contribution in [0.25, 0.3) is 0 Å². The van der Waals surface area contributed by atoms with Gasteiger partial charge in [0.05, 0.1) is 11.6 Å². The molecule has 1 saturated heterocycles. The molecule has 1 aliphatic heterocycles. The molecular weight excluding hydrogens is 278 g/mol. The summed E-state index contributed by atoms with van der Waals surface area (Å²) in [6, 6.07) is 6.34. The number of aliphatic hydroxyl groups is 1. The normalized spacial score (nSPS) is 23.8. The van der Waals surface area contributed by atoms with E-state index < -0.39 is 0 Å². The fraction of sp³-hybridized carbons (Fsp3) is 0.571. The number of benzene rings is 1. The molecule has 0 aromatic heterocycles. The second kappa shape index (κ2) is 4.62. The summed E-state index contributed by atoms with van der Waals surface area (Å²) in [7, 11) is 0. The first-order chi connectivity index (χ1) is 7.93. The lowest BCUT2D eigenvalue weighted by Crippen LogP contribution is -2.56. The fourth-order valence-corrected chi connectivity index (χ4v) is 3.09.